The third kappa shape index (κ3) is 6.79. The molecule has 0 radical (unpaired) electrons. The molecule has 0 amide bonds. The van der Waals surface area contributed by atoms with Gasteiger partial charge < -0.3 is 9.47 Å². The topological polar surface area (TPSA) is 87.5 Å². The van der Waals surface area contributed by atoms with Crippen molar-refractivity contribution in [2.75, 3.05) is 13.4 Å². The summed E-state index contributed by atoms with van der Waals surface area (Å²) in [6.45, 7) is 1.43. The van der Waals surface area contributed by atoms with Crippen LogP contribution < -0.4 is 4.74 Å². The first-order valence-electron chi connectivity index (χ1n) is 14.9. The summed E-state index contributed by atoms with van der Waals surface area (Å²) in [6, 6.07) is 22.7. The Labute approximate surface area is 281 Å². The van der Waals surface area contributed by atoms with Crippen LogP contribution in [-0.4, -0.2) is 41.5 Å². The van der Waals surface area contributed by atoms with Gasteiger partial charge in [0.05, 0.1) is 18.3 Å². The van der Waals surface area contributed by atoms with E-state index in [-0.39, 0.29) is 12.4 Å². The van der Waals surface area contributed by atoms with E-state index in [0.29, 0.717) is 46.6 Å². The molecule has 1 atom stereocenters. The molecule has 47 heavy (non-hydrogen) atoms. The van der Waals surface area contributed by atoms with Crippen LogP contribution in [0.15, 0.2) is 107 Å². The van der Waals surface area contributed by atoms with Crippen molar-refractivity contribution in [3.05, 3.63) is 124 Å². The van der Waals surface area contributed by atoms with E-state index in [1.165, 1.54) is 38.1 Å². The van der Waals surface area contributed by atoms with Crippen LogP contribution in [-0.2, 0) is 32.4 Å². The molecule has 2 heterocycles. The summed E-state index contributed by atoms with van der Waals surface area (Å²) in [4.78, 5) is 17.1. The van der Waals surface area contributed by atoms with Gasteiger partial charge in [0.25, 0.3) is 10.0 Å². The van der Waals surface area contributed by atoms with Gasteiger partial charge in [-0.1, -0.05) is 42.5 Å². The van der Waals surface area contributed by atoms with E-state index >= 15 is 4.39 Å². The summed E-state index contributed by atoms with van der Waals surface area (Å²) in [6.07, 6.45) is 8.06. The molecule has 0 saturated heterocycles. The number of ether oxygens (including phenoxy) is 2. The number of carbonyl (C=O) groups excluding carboxylic acids is 1. The molecule has 0 bridgehead atoms. The Balaban J connectivity index is 1.16. The predicted octanol–water partition coefficient (Wildman–Crippen LogP) is 8.69. The molecule has 1 aliphatic carbocycles. The zero-order valence-corrected chi connectivity index (χ0v) is 28.6. The minimum atomic E-state index is -4.10. The smallest absolute Gasteiger partial charge is 0.305 e. The van der Waals surface area contributed by atoms with Crippen LogP contribution in [0.5, 0.6) is 11.5 Å². The van der Waals surface area contributed by atoms with E-state index in [1.807, 2.05) is 48.0 Å². The quantitative estimate of drug-likeness (QED) is 0.128. The molecule has 0 saturated carbocycles. The standard InChI is InChI=1S/C36H33FN2O5S3/c1-36(16-14-31(45-3)22-33(36)37)47(41,42)39-17-15-26-20-30(11-12-32(26)39)44-29-9-5-8-27(21-29)35-38-28(23-46-35)19-25-7-4-6-24(18-25)10-13-34(40)43-2/h4-9,11-12,14-15,17-18,20-23H,10,13,16,19H2,1-3H3. The van der Waals surface area contributed by atoms with E-state index < -0.39 is 20.6 Å². The number of esters is 1. The Bertz CT molecular complexity index is 2130. The van der Waals surface area contributed by atoms with E-state index in [4.69, 9.17) is 14.5 Å². The molecule has 242 valence electrons. The maximum Gasteiger partial charge on any atom is 0.305 e. The van der Waals surface area contributed by atoms with Gasteiger partial charge in [-0.3, -0.25) is 4.79 Å². The monoisotopic (exact) mass is 688 g/mol. The van der Waals surface area contributed by atoms with Gasteiger partial charge in [-0.25, -0.2) is 21.8 Å². The van der Waals surface area contributed by atoms with Crippen LogP contribution in [0.4, 0.5) is 4.39 Å². The SMILES string of the molecule is COC(=O)CCc1cccc(Cc2csc(-c3cccc(Oc4ccc5c(ccn5S(=O)(=O)C5(C)CC=C(SC)C=C5F)c4)c3)n2)c1. The van der Waals surface area contributed by atoms with Gasteiger partial charge in [-0.05, 0) is 79.6 Å². The number of thioether (sulfide) groups is 1. The second-order valence-electron chi connectivity index (χ2n) is 11.4. The molecule has 0 N–H and O–H groups in total. The second-order valence-corrected chi connectivity index (χ2v) is 15.4. The van der Waals surface area contributed by atoms with Crippen molar-refractivity contribution in [1.29, 1.82) is 0 Å². The van der Waals surface area contributed by atoms with Gasteiger partial charge in [-0.15, -0.1) is 23.1 Å². The first kappa shape index (κ1) is 32.7. The van der Waals surface area contributed by atoms with Crippen molar-refractivity contribution in [3.8, 4) is 22.1 Å². The summed E-state index contributed by atoms with van der Waals surface area (Å²) in [5.41, 5.74) is 4.51. The third-order valence-corrected chi connectivity index (χ3v) is 12.3. The summed E-state index contributed by atoms with van der Waals surface area (Å²) >= 11 is 2.94. The molecule has 0 fully saturated rings. The molecular weight excluding hydrogens is 656 g/mol. The Morgan fingerprint density at radius 1 is 1.06 bits per heavy atom. The zero-order chi connectivity index (χ0) is 33.2. The average Bonchev–Trinajstić information content (AvgIpc) is 3.72. The van der Waals surface area contributed by atoms with Crippen molar-refractivity contribution in [2.24, 2.45) is 0 Å². The van der Waals surface area contributed by atoms with Crippen molar-refractivity contribution >= 4 is 50.0 Å². The van der Waals surface area contributed by atoms with E-state index in [0.717, 1.165) is 31.4 Å². The highest BCUT2D eigenvalue weighted by atomic mass is 32.2. The summed E-state index contributed by atoms with van der Waals surface area (Å²) in [5, 5.41) is 3.57. The first-order chi connectivity index (χ1) is 22.6. The Kier molecular flexibility index (Phi) is 9.41. The highest BCUT2D eigenvalue weighted by Gasteiger charge is 2.46. The number of aromatic nitrogens is 2. The van der Waals surface area contributed by atoms with Crippen LogP contribution in [0.1, 0.15) is 36.6 Å². The highest BCUT2D eigenvalue weighted by molar-refractivity contribution is 8.02. The van der Waals surface area contributed by atoms with E-state index in [9.17, 15) is 13.2 Å². The lowest BCUT2D eigenvalue weighted by atomic mass is 10.0. The number of thiazole rings is 1. The van der Waals surface area contributed by atoms with Gasteiger partial charge in [-0.2, -0.15) is 0 Å². The number of benzene rings is 3. The number of aryl methyl sites for hydroxylation is 1. The lowest BCUT2D eigenvalue weighted by Gasteiger charge is -2.30. The maximum absolute atomic E-state index is 15.2. The number of hydrogen-bond donors (Lipinski definition) is 0. The molecule has 7 nitrogen and oxygen atoms in total. The van der Waals surface area contributed by atoms with Crippen molar-refractivity contribution in [3.63, 3.8) is 0 Å². The van der Waals surface area contributed by atoms with Gasteiger partial charge in [0.1, 0.15) is 27.1 Å². The fourth-order valence-electron chi connectivity index (χ4n) is 5.49. The fourth-order valence-corrected chi connectivity index (χ4v) is 8.46. The molecule has 5 aromatic rings. The molecule has 2 aromatic heterocycles. The molecule has 1 aliphatic rings. The zero-order valence-electron chi connectivity index (χ0n) is 26.1. The predicted molar refractivity (Wildman–Crippen MR) is 187 cm³/mol. The maximum atomic E-state index is 15.2. The van der Waals surface area contributed by atoms with Gasteiger partial charge in [0.15, 0.2) is 0 Å². The van der Waals surface area contributed by atoms with Crippen LogP contribution in [0.2, 0.25) is 0 Å². The van der Waals surface area contributed by atoms with Crippen molar-refractivity contribution in [2.45, 2.75) is 37.4 Å². The largest absolute Gasteiger partial charge is 0.469 e. The average molecular weight is 689 g/mol. The number of nitrogens with zero attached hydrogens (tertiary/aromatic N) is 2. The fraction of sp³-hybridized carbons (Fsp3) is 0.222. The van der Waals surface area contributed by atoms with Crippen molar-refractivity contribution < 1.29 is 27.1 Å². The number of allylic oxidation sites excluding steroid dienone is 2. The first-order valence-corrected chi connectivity index (χ1v) is 18.5. The number of halogens is 1. The van der Waals surface area contributed by atoms with Gasteiger partial charge in [0, 0.05) is 40.3 Å². The molecule has 0 aliphatic heterocycles. The Morgan fingerprint density at radius 3 is 2.64 bits per heavy atom. The van der Waals surface area contributed by atoms with Crippen LogP contribution in [0.25, 0.3) is 21.5 Å². The van der Waals surface area contributed by atoms with Crippen LogP contribution >= 0.6 is 23.1 Å². The molecule has 0 spiro atoms. The Hall–Kier alpha value is -4.19. The van der Waals surface area contributed by atoms with Gasteiger partial charge >= 0.3 is 5.97 Å². The van der Waals surface area contributed by atoms with Gasteiger partial charge in [0.2, 0.25) is 0 Å². The summed E-state index contributed by atoms with van der Waals surface area (Å²) < 4.78 is 53.0. The number of fused-ring (bicyclic) bond motifs is 1. The summed E-state index contributed by atoms with van der Waals surface area (Å²) in [5.74, 6) is 0.264. The van der Waals surface area contributed by atoms with Crippen molar-refractivity contribution in [1.82, 2.24) is 8.96 Å². The molecule has 6 rings (SSSR count). The Morgan fingerprint density at radius 2 is 1.85 bits per heavy atom. The number of rotatable bonds is 11. The number of carbonyl (C=O) groups is 1. The molecule has 1 unspecified atom stereocenters. The minimum Gasteiger partial charge on any atom is -0.469 e. The molecular formula is C36H33FN2O5S3. The van der Waals surface area contributed by atoms with E-state index in [1.54, 1.807) is 41.7 Å². The van der Waals surface area contributed by atoms with Crippen LogP contribution in [0.3, 0.4) is 0 Å². The summed E-state index contributed by atoms with van der Waals surface area (Å²) in [7, 11) is -2.71. The molecule has 11 heteroatoms. The second kappa shape index (κ2) is 13.5. The normalized spacial score (nSPS) is 16.5. The molecule has 3 aromatic carbocycles. The minimum absolute atomic E-state index is 0.0529. The number of methoxy groups -OCH3 is 1. The third-order valence-electron chi connectivity index (χ3n) is 8.25. The van der Waals surface area contributed by atoms with Crippen LogP contribution in [0, 0.1) is 0 Å². The highest BCUT2D eigenvalue weighted by Crippen LogP contribution is 2.41. The number of hydrogen-bond acceptors (Lipinski definition) is 8. The lowest BCUT2D eigenvalue weighted by Crippen LogP contribution is -2.40. The van der Waals surface area contributed by atoms with E-state index in [2.05, 4.69) is 12.1 Å². The lowest BCUT2D eigenvalue weighted by molar-refractivity contribution is -0.140.